The molecule has 1 atom stereocenters. The third-order valence-corrected chi connectivity index (χ3v) is 4.71. The van der Waals surface area contributed by atoms with E-state index in [1.54, 1.807) is 6.20 Å². The fourth-order valence-electron chi connectivity index (χ4n) is 3.30. The second-order valence-corrected chi connectivity index (χ2v) is 6.85. The van der Waals surface area contributed by atoms with Gasteiger partial charge in [-0.05, 0) is 31.9 Å². The van der Waals surface area contributed by atoms with E-state index < -0.39 is 0 Å². The molecule has 1 unspecified atom stereocenters. The zero-order valence-corrected chi connectivity index (χ0v) is 14.6. The van der Waals surface area contributed by atoms with Gasteiger partial charge in [0.25, 0.3) is 5.91 Å². The summed E-state index contributed by atoms with van der Waals surface area (Å²) in [5.41, 5.74) is 2.46. The first-order chi connectivity index (χ1) is 12.0. The van der Waals surface area contributed by atoms with Crippen LogP contribution in [0.2, 0.25) is 0 Å². The van der Waals surface area contributed by atoms with Gasteiger partial charge in [-0.3, -0.25) is 4.79 Å². The lowest BCUT2D eigenvalue weighted by Gasteiger charge is -2.22. The average Bonchev–Trinajstić information content (AvgIpc) is 3.33. The standard InChI is InChI=1S/C18H21N5O2/c1-11(2)17-20-16(21-25-17)14-5-4-7-23(14)18(24)13-6-8-22-12(3)10-19-15(22)9-13/h6,8-11,14H,4-5,7H2,1-3H3. The number of likely N-dealkylation sites (tertiary alicyclic amines) is 1. The molecule has 0 aliphatic carbocycles. The number of nitrogens with zero attached hydrogens (tertiary/aromatic N) is 5. The van der Waals surface area contributed by atoms with Crippen LogP contribution in [-0.2, 0) is 0 Å². The third kappa shape index (κ3) is 2.69. The third-order valence-electron chi connectivity index (χ3n) is 4.71. The zero-order chi connectivity index (χ0) is 17.6. The topological polar surface area (TPSA) is 76.5 Å². The lowest BCUT2D eigenvalue weighted by Crippen LogP contribution is -2.31. The van der Waals surface area contributed by atoms with Crippen molar-refractivity contribution in [1.29, 1.82) is 0 Å². The summed E-state index contributed by atoms with van der Waals surface area (Å²) in [6.45, 7) is 6.71. The first-order valence-corrected chi connectivity index (χ1v) is 8.63. The zero-order valence-electron chi connectivity index (χ0n) is 14.6. The van der Waals surface area contributed by atoms with E-state index in [4.69, 9.17) is 4.52 Å². The number of fused-ring (bicyclic) bond motifs is 1. The molecule has 25 heavy (non-hydrogen) atoms. The van der Waals surface area contributed by atoms with Crippen LogP contribution >= 0.6 is 0 Å². The van der Waals surface area contributed by atoms with Crippen molar-refractivity contribution in [2.24, 2.45) is 0 Å². The molecular weight excluding hydrogens is 318 g/mol. The Morgan fingerprint density at radius 2 is 2.24 bits per heavy atom. The molecule has 3 aromatic rings. The predicted molar refractivity (Wildman–Crippen MR) is 91.3 cm³/mol. The van der Waals surface area contributed by atoms with Gasteiger partial charge < -0.3 is 13.8 Å². The summed E-state index contributed by atoms with van der Waals surface area (Å²) in [6.07, 6.45) is 5.48. The SMILES string of the molecule is Cc1cnc2cc(C(=O)N3CCCC3c3noc(C(C)C)n3)ccn12. The van der Waals surface area contributed by atoms with Crippen LogP contribution in [-0.4, -0.2) is 36.9 Å². The second-order valence-electron chi connectivity index (χ2n) is 6.85. The molecule has 1 amide bonds. The molecule has 7 heteroatoms. The number of carbonyl (C=O) groups is 1. The number of aryl methyl sites for hydroxylation is 1. The minimum atomic E-state index is -0.124. The Morgan fingerprint density at radius 3 is 3.00 bits per heavy atom. The van der Waals surface area contributed by atoms with E-state index in [-0.39, 0.29) is 17.9 Å². The van der Waals surface area contributed by atoms with Gasteiger partial charge in [-0.25, -0.2) is 4.98 Å². The van der Waals surface area contributed by atoms with Crippen LogP contribution in [0.15, 0.2) is 29.0 Å². The molecule has 4 rings (SSSR count). The molecule has 0 radical (unpaired) electrons. The maximum absolute atomic E-state index is 13.0. The molecule has 0 saturated carbocycles. The Balaban J connectivity index is 1.62. The highest BCUT2D eigenvalue weighted by Crippen LogP contribution is 2.32. The van der Waals surface area contributed by atoms with Crippen molar-refractivity contribution in [2.45, 2.75) is 45.6 Å². The van der Waals surface area contributed by atoms with E-state index in [1.807, 2.05) is 48.4 Å². The lowest BCUT2D eigenvalue weighted by molar-refractivity contribution is 0.0728. The van der Waals surface area contributed by atoms with Crippen molar-refractivity contribution < 1.29 is 9.32 Å². The largest absolute Gasteiger partial charge is 0.339 e. The molecule has 1 saturated heterocycles. The van der Waals surface area contributed by atoms with Gasteiger partial charge in [0.05, 0.1) is 6.04 Å². The minimum Gasteiger partial charge on any atom is -0.339 e. The monoisotopic (exact) mass is 339 g/mol. The number of rotatable bonds is 3. The van der Waals surface area contributed by atoms with Gasteiger partial charge in [0.15, 0.2) is 5.82 Å². The van der Waals surface area contributed by atoms with E-state index in [0.717, 1.165) is 24.2 Å². The number of hydrogen-bond acceptors (Lipinski definition) is 5. The summed E-state index contributed by atoms with van der Waals surface area (Å²) in [6, 6.07) is 3.55. The Hall–Kier alpha value is -2.70. The molecule has 1 aliphatic rings. The number of imidazole rings is 1. The summed E-state index contributed by atoms with van der Waals surface area (Å²) in [4.78, 5) is 23.7. The van der Waals surface area contributed by atoms with Crippen molar-refractivity contribution in [3.8, 4) is 0 Å². The smallest absolute Gasteiger partial charge is 0.254 e. The molecular formula is C18H21N5O2. The van der Waals surface area contributed by atoms with Gasteiger partial charge in [-0.2, -0.15) is 4.98 Å². The van der Waals surface area contributed by atoms with E-state index in [9.17, 15) is 4.79 Å². The average molecular weight is 339 g/mol. The molecule has 1 fully saturated rings. The number of amides is 1. The quantitative estimate of drug-likeness (QED) is 0.733. The summed E-state index contributed by atoms with van der Waals surface area (Å²) in [7, 11) is 0. The number of pyridine rings is 1. The molecule has 0 bridgehead atoms. The number of aromatic nitrogens is 4. The van der Waals surface area contributed by atoms with Crippen molar-refractivity contribution in [3.63, 3.8) is 0 Å². The molecule has 130 valence electrons. The van der Waals surface area contributed by atoms with Crippen LogP contribution in [0.5, 0.6) is 0 Å². The summed E-state index contributed by atoms with van der Waals surface area (Å²) >= 11 is 0. The van der Waals surface area contributed by atoms with Crippen molar-refractivity contribution in [1.82, 2.24) is 24.4 Å². The van der Waals surface area contributed by atoms with Crippen LogP contribution in [0, 0.1) is 6.92 Å². The van der Waals surface area contributed by atoms with E-state index in [2.05, 4.69) is 15.1 Å². The van der Waals surface area contributed by atoms with Crippen molar-refractivity contribution in [3.05, 3.63) is 47.5 Å². The van der Waals surface area contributed by atoms with Crippen LogP contribution in [0.3, 0.4) is 0 Å². The summed E-state index contributed by atoms with van der Waals surface area (Å²) in [5.74, 6) is 1.38. The number of carbonyl (C=O) groups excluding carboxylic acids is 1. The normalized spacial score (nSPS) is 17.8. The van der Waals surface area contributed by atoms with Crippen LogP contribution in [0.4, 0.5) is 0 Å². The van der Waals surface area contributed by atoms with Gasteiger partial charge in [0.1, 0.15) is 5.65 Å². The molecule has 0 spiro atoms. The molecule has 0 aromatic carbocycles. The highest BCUT2D eigenvalue weighted by molar-refractivity contribution is 5.95. The van der Waals surface area contributed by atoms with E-state index >= 15 is 0 Å². The van der Waals surface area contributed by atoms with Crippen LogP contribution in [0.25, 0.3) is 5.65 Å². The van der Waals surface area contributed by atoms with Gasteiger partial charge >= 0.3 is 0 Å². The predicted octanol–water partition coefficient (Wildman–Crippen LogP) is 3.13. The maximum Gasteiger partial charge on any atom is 0.254 e. The first kappa shape index (κ1) is 15.8. The molecule has 3 aromatic heterocycles. The van der Waals surface area contributed by atoms with E-state index in [1.165, 1.54) is 0 Å². The van der Waals surface area contributed by atoms with Gasteiger partial charge in [0, 0.05) is 36.1 Å². The van der Waals surface area contributed by atoms with E-state index in [0.29, 0.717) is 23.8 Å². The van der Waals surface area contributed by atoms with Crippen molar-refractivity contribution >= 4 is 11.6 Å². The summed E-state index contributed by atoms with van der Waals surface area (Å²) < 4.78 is 7.28. The Labute approximate surface area is 145 Å². The van der Waals surface area contributed by atoms with Crippen LogP contribution in [0.1, 0.15) is 66.4 Å². The highest BCUT2D eigenvalue weighted by atomic mass is 16.5. The summed E-state index contributed by atoms with van der Waals surface area (Å²) in [5, 5.41) is 4.10. The van der Waals surface area contributed by atoms with Crippen molar-refractivity contribution in [2.75, 3.05) is 6.54 Å². The minimum absolute atomic E-state index is 0.0125. The lowest BCUT2D eigenvalue weighted by atomic mass is 10.1. The van der Waals surface area contributed by atoms with Crippen LogP contribution < -0.4 is 0 Å². The second kappa shape index (κ2) is 5.98. The van der Waals surface area contributed by atoms with Gasteiger partial charge in [-0.15, -0.1) is 0 Å². The fraction of sp³-hybridized carbons (Fsp3) is 0.444. The molecule has 4 heterocycles. The maximum atomic E-state index is 13.0. The Kier molecular flexibility index (Phi) is 3.78. The fourth-order valence-corrected chi connectivity index (χ4v) is 3.30. The van der Waals surface area contributed by atoms with Gasteiger partial charge in [0.2, 0.25) is 5.89 Å². The molecule has 0 N–H and O–H groups in total. The van der Waals surface area contributed by atoms with Gasteiger partial charge in [-0.1, -0.05) is 19.0 Å². The Bertz CT molecular complexity index is 927. The molecule has 1 aliphatic heterocycles. The number of hydrogen-bond donors (Lipinski definition) is 0. The highest BCUT2D eigenvalue weighted by Gasteiger charge is 2.34. The first-order valence-electron chi connectivity index (χ1n) is 8.63. The Morgan fingerprint density at radius 1 is 1.40 bits per heavy atom. The molecule has 7 nitrogen and oxygen atoms in total.